The fraction of sp³-hybridized carbons (Fsp3) is 0.400. The minimum Gasteiger partial charge on any atom is -0.490 e. The Morgan fingerprint density at radius 1 is 1.42 bits per heavy atom. The Bertz CT molecular complexity index is 768. The van der Waals surface area contributed by atoms with Gasteiger partial charge in [0, 0.05) is 19.2 Å². The number of amides is 1. The summed E-state index contributed by atoms with van der Waals surface area (Å²) in [7, 11) is 1.72. The van der Waals surface area contributed by atoms with E-state index < -0.39 is 5.82 Å². The van der Waals surface area contributed by atoms with E-state index in [1.807, 2.05) is 26.0 Å². The second-order valence-corrected chi connectivity index (χ2v) is 5.97. The third-order valence-corrected chi connectivity index (χ3v) is 4.02. The molecule has 0 aliphatic heterocycles. The molecule has 0 fully saturated rings. The second kappa shape index (κ2) is 9.75. The van der Waals surface area contributed by atoms with Crippen LogP contribution in [0.1, 0.15) is 48.4 Å². The molecule has 0 atom stereocenters. The summed E-state index contributed by atoms with van der Waals surface area (Å²) in [4.78, 5) is 12.3. The number of aromatic nitrogens is 2. The predicted octanol–water partition coefficient (Wildman–Crippen LogP) is 3.79. The fourth-order valence-electron chi connectivity index (χ4n) is 2.53. The fourth-order valence-corrected chi connectivity index (χ4v) is 2.53. The van der Waals surface area contributed by atoms with E-state index in [9.17, 15) is 9.18 Å². The molecule has 0 bridgehead atoms. The number of hydrogen-bond acceptors (Lipinski definition) is 3. The van der Waals surface area contributed by atoms with Crippen LogP contribution in [-0.2, 0) is 20.0 Å². The average molecular weight is 359 g/mol. The zero-order chi connectivity index (χ0) is 18.9. The highest BCUT2D eigenvalue weighted by Gasteiger charge is 2.14. The van der Waals surface area contributed by atoms with Crippen molar-refractivity contribution in [2.24, 2.45) is 7.05 Å². The van der Waals surface area contributed by atoms with E-state index in [1.165, 1.54) is 4.68 Å². The monoisotopic (exact) mass is 359 g/mol. The maximum absolute atomic E-state index is 14.5. The van der Waals surface area contributed by atoms with E-state index in [0.717, 1.165) is 25.0 Å². The molecule has 1 amide bonds. The number of unbranched alkanes of at least 4 members (excludes halogenated alkanes) is 1. The molecule has 0 aliphatic rings. The zero-order valence-corrected chi connectivity index (χ0v) is 15.6. The molecule has 0 aliphatic carbocycles. The molecule has 0 unspecified atom stereocenters. The molecule has 0 spiro atoms. The molecule has 26 heavy (non-hydrogen) atoms. The van der Waals surface area contributed by atoms with Crippen molar-refractivity contribution in [2.75, 3.05) is 6.61 Å². The lowest BCUT2D eigenvalue weighted by Gasteiger charge is -2.11. The molecule has 1 aromatic heterocycles. The van der Waals surface area contributed by atoms with Gasteiger partial charge in [0.1, 0.15) is 5.69 Å². The third-order valence-electron chi connectivity index (χ3n) is 4.02. The maximum atomic E-state index is 14.5. The molecule has 5 nitrogen and oxygen atoms in total. The van der Waals surface area contributed by atoms with E-state index in [0.29, 0.717) is 17.9 Å². The van der Waals surface area contributed by atoms with Gasteiger partial charge in [-0.1, -0.05) is 31.2 Å². The molecule has 0 radical (unpaired) electrons. The van der Waals surface area contributed by atoms with Crippen molar-refractivity contribution in [2.45, 2.75) is 39.7 Å². The highest BCUT2D eigenvalue weighted by Crippen LogP contribution is 2.21. The van der Waals surface area contributed by atoms with Gasteiger partial charge in [0.05, 0.1) is 12.3 Å². The Labute approximate surface area is 153 Å². The van der Waals surface area contributed by atoms with Crippen molar-refractivity contribution in [3.05, 3.63) is 59.2 Å². The van der Waals surface area contributed by atoms with Crippen molar-refractivity contribution < 1.29 is 13.9 Å². The summed E-state index contributed by atoms with van der Waals surface area (Å²) in [5.74, 6) is -0.499. The SMILES string of the molecule is CC=CCCCOc1cccc(CNC(=O)c2cc(CC)nn2C)c1F. The van der Waals surface area contributed by atoms with Crippen molar-refractivity contribution in [1.82, 2.24) is 15.1 Å². The number of aryl methyl sites for hydroxylation is 2. The van der Waals surface area contributed by atoms with Gasteiger partial charge >= 0.3 is 0 Å². The third kappa shape index (κ3) is 5.18. The number of benzene rings is 1. The normalized spacial score (nSPS) is 11.1. The van der Waals surface area contributed by atoms with E-state index in [-0.39, 0.29) is 18.2 Å². The quantitative estimate of drug-likeness (QED) is 0.547. The van der Waals surface area contributed by atoms with Crippen LogP contribution in [-0.4, -0.2) is 22.3 Å². The van der Waals surface area contributed by atoms with Crippen LogP contribution < -0.4 is 10.1 Å². The lowest BCUT2D eigenvalue weighted by molar-refractivity contribution is 0.0941. The molecule has 1 aromatic carbocycles. The topological polar surface area (TPSA) is 56.1 Å². The molecule has 6 heteroatoms. The lowest BCUT2D eigenvalue weighted by Crippen LogP contribution is -2.25. The Hall–Kier alpha value is -2.63. The number of nitrogens with one attached hydrogen (secondary N) is 1. The van der Waals surface area contributed by atoms with Gasteiger partial charge in [-0.25, -0.2) is 4.39 Å². The Balaban J connectivity index is 1.95. The first-order valence-corrected chi connectivity index (χ1v) is 8.89. The van der Waals surface area contributed by atoms with Crippen LogP contribution in [0.4, 0.5) is 4.39 Å². The number of ether oxygens (including phenoxy) is 1. The van der Waals surface area contributed by atoms with Crippen molar-refractivity contribution in [3.63, 3.8) is 0 Å². The van der Waals surface area contributed by atoms with Gasteiger partial charge < -0.3 is 10.1 Å². The number of nitrogens with zero attached hydrogens (tertiary/aromatic N) is 2. The standard InChI is InChI=1S/C20H26FN3O2/c1-4-6-7-8-12-26-18-11-9-10-15(19(18)21)14-22-20(25)17-13-16(5-2)23-24(17)3/h4,6,9-11,13H,5,7-8,12,14H2,1-3H3,(H,22,25). The smallest absolute Gasteiger partial charge is 0.269 e. The van der Waals surface area contributed by atoms with E-state index in [4.69, 9.17) is 4.74 Å². The summed E-state index contributed by atoms with van der Waals surface area (Å²) in [6.45, 7) is 4.48. The van der Waals surface area contributed by atoms with Crippen LogP contribution in [0.5, 0.6) is 5.75 Å². The molecule has 0 saturated carbocycles. The Morgan fingerprint density at radius 3 is 2.92 bits per heavy atom. The maximum Gasteiger partial charge on any atom is 0.269 e. The largest absolute Gasteiger partial charge is 0.490 e. The molecule has 1 N–H and O–H groups in total. The van der Waals surface area contributed by atoms with Crippen LogP contribution >= 0.6 is 0 Å². The molecule has 0 saturated heterocycles. The van der Waals surface area contributed by atoms with E-state index in [2.05, 4.69) is 10.4 Å². The zero-order valence-electron chi connectivity index (χ0n) is 15.6. The minimum absolute atomic E-state index is 0.0904. The summed E-state index contributed by atoms with van der Waals surface area (Å²) in [5, 5.41) is 6.99. The summed E-state index contributed by atoms with van der Waals surface area (Å²) in [5.41, 5.74) is 1.69. The minimum atomic E-state index is -0.432. The van der Waals surface area contributed by atoms with Crippen LogP contribution in [0.2, 0.25) is 0 Å². The van der Waals surface area contributed by atoms with Gasteiger partial charge in [-0.15, -0.1) is 0 Å². The lowest BCUT2D eigenvalue weighted by atomic mass is 10.2. The van der Waals surface area contributed by atoms with Crippen LogP contribution in [0.15, 0.2) is 36.4 Å². The molecule has 1 heterocycles. The predicted molar refractivity (Wildman–Crippen MR) is 99.7 cm³/mol. The first-order chi connectivity index (χ1) is 12.6. The summed E-state index contributed by atoms with van der Waals surface area (Å²) >= 11 is 0. The van der Waals surface area contributed by atoms with Crippen LogP contribution in [0, 0.1) is 5.82 Å². The molecule has 2 aromatic rings. The number of rotatable bonds is 9. The number of halogens is 1. The van der Waals surface area contributed by atoms with E-state index in [1.54, 1.807) is 31.3 Å². The molecule has 140 valence electrons. The highest BCUT2D eigenvalue weighted by molar-refractivity contribution is 5.92. The molecule has 2 rings (SSSR count). The first kappa shape index (κ1) is 19.7. The van der Waals surface area contributed by atoms with Gasteiger partial charge in [-0.3, -0.25) is 9.48 Å². The van der Waals surface area contributed by atoms with Gasteiger partial charge in [0.25, 0.3) is 5.91 Å². The molecular formula is C20H26FN3O2. The second-order valence-electron chi connectivity index (χ2n) is 5.97. The Morgan fingerprint density at radius 2 is 2.23 bits per heavy atom. The number of allylic oxidation sites excluding steroid dienone is 2. The van der Waals surface area contributed by atoms with Crippen molar-refractivity contribution >= 4 is 5.91 Å². The number of hydrogen-bond donors (Lipinski definition) is 1. The average Bonchev–Trinajstić information content (AvgIpc) is 3.02. The molecular weight excluding hydrogens is 333 g/mol. The summed E-state index contributed by atoms with van der Waals surface area (Å²) in [6.07, 6.45) is 6.51. The van der Waals surface area contributed by atoms with Gasteiger partial charge in [0.2, 0.25) is 0 Å². The van der Waals surface area contributed by atoms with Gasteiger partial charge in [-0.2, -0.15) is 5.10 Å². The van der Waals surface area contributed by atoms with Crippen molar-refractivity contribution in [1.29, 1.82) is 0 Å². The first-order valence-electron chi connectivity index (χ1n) is 8.89. The number of carbonyl (C=O) groups is 1. The van der Waals surface area contributed by atoms with Crippen LogP contribution in [0.25, 0.3) is 0 Å². The van der Waals surface area contributed by atoms with Crippen LogP contribution in [0.3, 0.4) is 0 Å². The summed E-state index contributed by atoms with van der Waals surface area (Å²) in [6, 6.07) is 6.72. The van der Waals surface area contributed by atoms with Crippen molar-refractivity contribution in [3.8, 4) is 5.75 Å². The highest BCUT2D eigenvalue weighted by atomic mass is 19.1. The van der Waals surface area contributed by atoms with E-state index >= 15 is 0 Å². The summed E-state index contributed by atoms with van der Waals surface area (Å²) < 4.78 is 21.6. The number of carbonyl (C=O) groups excluding carboxylic acids is 1. The van der Waals surface area contributed by atoms with Gasteiger partial charge in [0.15, 0.2) is 11.6 Å². The Kier molecular flexibility index (Phi) is 7.38. The van der Waals surface area contributed by atoms with Gasteiger partial charge in [-0.05, 0) is 38.3 Å².